The first kappa shape index (κ1) is 33.7. The second-order valence-electron chi connectivity index (χ2n) is 11.0. The van der Waals surface area contributed by atoms with Crippen LogP contribution in [-0.4, -0.2) is 62.9 Å². The number of carbonyl (C=O) groups is 2. The number of furan rings is 1. The van der Waals surface area contributed by atoms with Crippen LogP contribution >= 0.6 is 0 Å². The van der Waals surface area contributed by atoms with Crippen LogP contribution in [0.3, 0.4) is 0 Å². The first-order chi connectivity index (χ1) is 23.0. The van der Waals surface area contributed by atoms with Gasteiger partial charge in [-0.15, -0.1) is 0 Å². The quantitative estimate of drug-likeness (QED) is 0.0978. The standard InChI is InChI=1S/C36H41N3O8/c1-2-45-36-27(15-17-43-19-20-44-18-16-40)28(29-23-46-32-10-6-3-7-26(29)32)21-33(47-36)35(42)38-22-24-11-13-25(14-12-24)34(41)39-31-9-5-4-8-30(31)37/h3-14,21,23,27-28,36,40H,2,15-20,22,37H2,1H3,(H,38,42)(H,39,41)/t27-,28-,36+/m1/s1. The van der Waals surface area contributed by atoms with Crippen LogP contribution in [0, 0.1) is 5.92 Å². The zero-order valence-corrected chi connectivity index (χ0v) is 26.4. The van der Waals surface area contributed by atoms with Gasteiger partial charge in [0, 0.05) is 48.1 Å². The monoisotopic (exact) mass is 643 g/mol. The number of anilines is 2. The first-order valence-corrected chi connectivity index (χ1v) is 15.7. The minimum atomic E-state index is -0.699. The Morgan fingerprint density at radius 2 is 1.66 bits per heavy atom. The molecule has 0 unspecified atom stereocenters. The van der Waals surface area contributed by atoms with E-state index in [2.05, 4.69) is 10.6 Å². The molecule has 11 heteroatoms. The molecule has 1 aliphatic rings. The number of nitrogen functional groups attached to an aromatic ring is 1. The number of ether oxygens (including phenoxy) is 4. The van der Waals surface area contributed by atoms with Gasteiger partial charge in [-0.2, -0.15) is 0 Å². The normalized spacial score (nSPS) is 17.6. The number of amides is 2. The maximum absolute atomic E-state index is 13.5. The van der Waals surface area contributed by atoms with E-state index in [4.69, 9.17) is 34.2 Å². The number of hydrogen-bond acceptors (Lipinski definition) is 9. The summed E-state index contributed by atoms with van der Waals surface area (Å²) >= 11 is 0. The highest BCUT2D eigenvalue weighted by molar-refractivity contribution is 6.05. The van der Waals surface area contributed by atoms with Crippen LogP contribution < -0.4 is 16.4 Å². The highest BCUT2D eigenvalue weighted by Gasteiger charge is 2.39. The molecule has 1 aliphatic heterocycles. The maximum Gasteiger partial charge on any atom is 0.286 e. The lowest BCUT2D eigenvalue weighted by Crippen LogP contribution is -2.39. The molecular formula is C36H41N3O8. The van der Waals surface area contributed by atoms with E-state index in [0.717, 1.165) is 22.1 Å². The molecule has 2 heterocycles. The molecule has 248 valence electrons. The average molecular weight is 644 g/mol. The van der Waals surface area contributed by atoms with Gasteiger partial charge >= 0.3 is 0 Å². The number of carbonyl (C=O) groups excluding carboxylic acids is 2. The third kappa shape index (κ3) is 8.78. The van der Waals surface area contributed by atoms with E-state index < -0.39 is 6.29 Å². The van der Waals surface area contributed by atoms with E-state index in [9.17, 15) is 9.59 Å². The van der Waals surface area contributed by atoms with Gasteiger partial charge in [-0.3, -0.25) is 9.59 Å². The summed E-state index contributed by atoms with van der Waals surface area (Å²) in [4.78, 5) is 26.2. The Morgan fingerprint density at radius 3 is 2.43 bits per heavy atom. The topological polar surface area (TPSA) is 155 Å². The molecule has 3 aromatic carbocycles. The molecule has 0 bridgehead atoms. The zero-order chi connectivity index (χ0) is 33.0. The van der Waals surface area contributed by atoms with Crippen LogP contribution in [0.2, 0.25) is 0 Å². The van der Waals surface area contributed by atoms with Gasteiger partial charge in [0.15, 0.2) is 5.76 Å². The van der Waals surface area contributed by atoms with E-state index in [0.29, 0.717) is 49.8 Å². The Bertz CT molecular complexity index is 1650. The summed E-state index contributed by atoms with van der Waals surface area (Å²) in [5, 5.41) is 15.6. The molecular weight excluding hydrogens is 602 g/mol. The van der Waals surface area contributed by atoms with Crippen molar-refractivity contribution in [1.82, 2.24) is 5.32 Å². The van der Waals surface area contributed by atoms with Crippen molar-refractivity contribution in [2.45, 2.75) is 32.1 Å². The molecule has 2 amide bonds. The molecule has 11 nitrogen and oxygen atoms in total. The number of rotatable bonds is 16. The smallest absolute Gasteiger partial charge is 0.286 e. The minimum Gasteiger partial charge on any atom is -0.464 e. The second-order valence-corrected chi connectivity index (χ2v) is 11.0. The number of aliphatic hydroxyl groups is 1. The predicted molar refractivity (Wildman–Crippen MR) is 177 cm³/mol. The molecule has 5 N–H and O–H groups in total. The van der Waals surface area contributed by atoms with Crippen molar-refractivity contribution < 1.29 is 38.1 Å². The molecule has 0 aliphatic carbocycles. The molecule has 1 aromatic heterocycles. The Balaban J connectivity index is 1.28. The van der Waals surface area contributed by atoms with Crippen molar-refractivity contribution in [2.75, 3.05) is 50.7 Å². The van der Waals surface area contributed by atoms with Crippen LogP contribution in [0.25, 0.3) is 11.0 Å². The summed E-state index contributed by atoms with van der Waals surface area (Å²) in [7, 11) is 0. The zero-order valence-electron chi connectivity index (χ0n) is 26.4. The lowest BCUT2D eigenvalue weighted by Gasteiger charge is -2.36. The molecule has 4 aromatic rings. The van der Waals surface area contributed by atoms with Crippen LogP contribution in [0.15, 0.2) is 95.3 Å². The first-order valence-electron chi connectivity index (χ1n) is 15.7. The van der Waals surface area contributed by atoms with Gasteiger partial charge in [0.25, 0.3) is 11.8 Å². The third-order valence-electron chi connectivity index (χ3n) is 7.89. The fraction of sp³-hybridized carbons (Fsp3) is 0.333. The molecule has 0 spiro atoms. The van der Waals surface area contributed by atoms with Gasteiger partial charge in [-0.1, -0.05) is 42.5 Å². The summed E-state index contributed by atoms with van der Waals surface area (Å²) in [6.45, 7) is 3.93. The Morgan fingerprint density at radius 1 is 0.915 bits per heavy atom. The summed E-state index contributed by atoms with van der Waals surface area (Å²) in [6.07, 6.45) is 3.46. The summed E-state index contributed by atoms with van der Waals surface area (Å²) < 4.78 is 29.2. The van der Waals surface area contributed by atoms with Crippen molar-refractivity contribution >= 4 is 34.2 Å². The van der Waals surface area contributed by atoms with Gasteiger partial charge in [0.05, 0.1) is 44.1 Å². The fourth-order valence-electron chi connectivity index (χ4n) is 5.51. The van der Waals surface area contributed by atoms with Crippen molar-refractivity contribution in [3.63, 3.8) is 0 Å². The Labute approximate surface area is 273 Å². The number of aliphatic hydroxyl groups excluding tert-OH is 1. The number of nitrogens with two attached hydrogens (primary N) is 1. The summed E-state index contributed by atoms with van der Waals surface area (Å²) in [5.41, 5.74) is 9.92. The van der Waals surface area contributed by atoms with Gasteiger partial charge < -0.3 is 44.8 Å². The minimum absolute atomic E-state index is 0.0332. The average Bonchev–Trinajstić information content (AvgIpc) is 3.52. The van der Waals surface area contributed by atoms with Gasteiger partial charge in [-0.05, 0) is 55.3 Å². The summed E-state index contributed by atoms with van der Waals surface area (Å²) in [6, 6.07) is 21.8. The maximum atomic E-state index is 13.5. The number of fused-ring (bicyclic) bond motifs is 1. The molecule has 0 saturated heterocycles. The number of nitrogens with one attached hydrogen (secondary N) is 2. The van der Waals surface area contributed by atoms with Crippen molar-refractivity contribution in [2.24, 2.45) is 5.92 Å². The molecule has 5 rings (SSSR count). The van der Waals surface area contributed by atoms with Crippen molar-refractivity contribution in [3.8, 4) is 0 Å². The fourth-order valence-corrected chi connectivity index (χ4v) is 5.51. The van der Waals surface area contributed by atoms with Gasteiger partial charge in [0.2, 0.25) is 6.29 Å². The third-order valence-corrected chi connectivity index (χ3v) is 7.89. The van der Waals surface area contributed by atoms with E-state index >= 15 is 0 Å². The van der Waals surface area contributed by atoms with E-state index in [1.54, 1.807) is 54.8 Å². The summed E-state index contributed by atoms with van der Waals surface area (Å²) in [5.74, 6) is -0.936. The molecule has 47 heavy (non-hydrogen) atoms. The SMILES string of the molecule is CCO[C@H]1OC(C(=O)NCc2ccc(C(=O)Nc3ccccc3N)cc2)=C[C@@H](c2coc3ccccc23)[C@H]1CCOCCOCCO. The van der Waals surface area contributed by atoms with Crippen LogP contribution in [0.4, 0.5) is 11.4 Å². The van der Waals surface area contributed by atoms with Crippen molar-refractivity contribution in [1.29, 1.82) is 0 Å². The lowest BCUT2D eigenvalue weighted by molar-refractivity contribution is -0.168. The molecule has 3 atom stereocenters. The molecule has 0 radical (unpaired) electrons. The number of hydrogen-bond donors (Lipinski definition) is 4. The molecule has 0 saturated carbocycles. The van der Waals surface area contributed by atoms with Crippen molar-refractivity contribution in [3.05, 3.63) is 108 Å². The predicted octanol–water partition coefficient (Wildman–Crippen LogP) is 4.98. The highest BCUT2D eigenvalue weighted by atomic mass is 16.7. The highest BCUT2D eigenvalue weighted by Crippen LogP contribution is 2.42. The van der Waals surface area contributed by atoms with E-state index in [-0.39, 0.29) is 49.2 Å². The molecule has 0 fully saturated rings. The Hall–Kier alpha value is -4.68. The van der Waals surface area contributed by atoms with Crippen LogP contribution in [0.1, 0.15) is 40.7 Å². The van der Waals surface area contributed by atoms with E-state index in [1.165, 1.54) is 0 Å². The number of benzene rings is 3. The van der Waals surface area contributed by atoms with Crippen LogP contribution in [0.5, 0.6) is 0 Å². The van der Waals surface area contributed by atoms with Gasteiger partial charge in [0.1, 0.15) is 5.58 Å². The Kier molecular flexibility index (Phi) is 12.0. The van der Waals surface area contributed by atoms with E-state index in [1.807, 2.05) is 37.3 Å². The number of allylic oxidation sites excluding steroid dienone is 1. The van der Waals surface area contributed by atoms with Crippen LogP contribution in [-0.2, 0) is 30.3 Å². The van der Waals surface area contributed by atoms with Gasteiger partial charge in [-0.25, -0.2) is 0 Å². The number of para-hydroxylation sites is 3. The largest absolute Gasteiger partial charge is 0.464 e. The lowest BCUT2D eigenvalue weighted by atomic mass is 9.81. The second kappa shape index (κ2) is 16.8.